The molecule has 0 aliphatic rings. The summed E-state index contributed by atoms with van der Waals surface area (Å²) in [7, 11) is 0. The maximum Gasteiger partial charge on any atom is 0.262 e. The van der Waals surface area contributed by atoms with Gasteiger partial charge in [-0.2, -0.15) is 0 Å². The third kappa shape index (κ3) is 4.97. The van der Waals surface area contributed by atoms with Crippen LogP contribution in [0.3, 0.4) is 0 Å². The minimum absolute atomic E-state index is 0.0130. The number of nitrogens with two attached hydrogens (primary N) is 1. The number of para-hydroxylation sites is 1. The van der Waals surface area contributed by atoms with Crippen molar-refractivity contribution >= 4 is 39.3 Å². The molecule has 0 saturated heterocycles. The monoisotopic (exact) mass is 431 g/mol. The molecule has 6 heteroatoms. The van der Waals surface area contributed by atoms with Crippen LogP contribution < -0.4 is 11.3 Å². The largest absolute Gasteiger partial charge is 0.370 e. The predicted octanol–water partition coefficient (Wildman–Crippen LogP) is 4.89. The lowest BCUT2D eigenvalue weighted by atomic mass is 10.1. The molecule has 1 amide bonds. The van der Waals surface area contributed by atoms with Gasteiger partial charge >= 0.3 is 0 Å². The zero-order valence-corrected chi connectivity index (χ0v) is 18.1. The number of fused-ring (bicyclic) bond motifs is 2. The summed E-state index contributed by atoms with van der Waals surface area (Å²) >= 11 is 1.59. The van der Waals surface area contributed by atoms with E-state index in [1.807, 2.05) is 36.4 Å². The van der Waals surface area contributed by atoms with Crippen LogP contribution in [0, 0.1) is 0 Å². The number of carbonyl (C=O) groups is 1. The van der Waals surface area contributed by atoms with Crippen molar-refractivity contribution in [3.8, 4) is 0 Å². The first kappa shape index (κ1) is 21.1. The number of aromatic nitrogens is 2. The fourth-order valence-electron chi connectivity index (χ4n) is 3.76. The zero-order chi connectivity index (χ0) is 21.6. The van der Waals surface area contributed by atoms with Crippen molar-refractivity contribution in [3.63, 3.8) is 0 Å². The standard InChI is InChI=1S/C25H25N3O2S/c26-23(29)15-2-1-7-16-28-24(30)21-13-5-6-14-22(21)27-25(28)31-17-19-11-8-10-18-9-3-4-12-20(18)19/h3-6,8-14H,1-2,7,15-17H2,(H2,26,29). The summed E-state index contributed by atoms with van der Waals surface area (Å²) in [6, 6.07) is 22.1. The molecule has 0 fully saturated rings. The van der Waals surface area contributed by atoms with Crippen LogP contribution in [0.15, 0.2) is 76.7 Å². The smallest absolute Gasteiger partial charge is 0.262 e. The first-order chi connectivity index (χ1) is 15.1. The predicted molar refractivity (Wildman–Crippen MR) is 127 cm³/mol. The van der Waals surface area contributed by atoms with Crippen molar-refractivity contribution < 1.29 is 4.79 Å². The average Bonchev–Trinajstić information content (AvgIpc) is 2.78. The molecule has 31 heavy (non-hydrogen) atoms. The Labute approximate surface area is 185 Å². The van der Waals surface area contributed by atoms with Crippen molar-refractivity contribution in [3.05, 3.63) is 82.6 Å². The van der Waals surface area contributed by atoms with E-state index in [0.29, 0.717) is 18.4 Å². The highest BCUT2D eigenvalue weighted by molar-refractivity contribution is 7.98. The molecule has 0 aliphatic carbocycles. The third-order valence-corrected chi connectivity index (χ3v) is 6.39. The third-order valence-electron chi connectivity index (χ3n) is 5.37. The molecule has 3 aromatic carbocycles. The molecule has 0 unspecified atom stereocenters. The number of hydrogen-bond donors (Lipinski definition) is 1. The molecule has 1 aromatic heterocycles. The molecule has 5 nitrogen and oxygen atoms in total. The van der Waals surface area contributed by atoms with E-state index in [1.165, 1.54) is 16.3 Å². The van der Waals surface area contributed by atoms with Crippen molar-refractivity contribution in [2.45, 2.75) is 43.1 Å². The van der Waals surface area contributed by atoms with Crippen LogP contribution in [0.5, 0.6) is 0 Å². The van der Waals surface area contributed by atoms with Gasteiger partial charge in [-0.15, -0.1) is 0 Å². The topological polar surface area (TPSA) is 78.0 Å². The van der Waals surface area contributed by atoms with Gasteiger partial charge in [-0.25, -0.2) is 4.98 Å². The first-order valence-corrected chi connectivity index (χ1v) is 11.5. The molecule has 0 radical (unpaired) electrons. The molecule has 2 N–H and O–H groups in total. The molecule has 0 spiro atoms. The Balaban J connectivity index is 1.60. The molecule has 0 saturated carbocycles. The lowest BCUT2D eigenvalue weighted by Gasteiger charge is -2.14. The Morgan fingerprint density at radius 1 is 0.903 bits per heavy atom. The Hall–Kier alpha value is -3.12. The Bertz CT molecular complexity index is 1280. The summed E-state index contributed by atoms with van der Waals surface area (Å²) in [5.74, 6) is 0.448. The van der Waals surface area contributed by atoms with Crippen molar-refractivity contribution in [1.29, 1.82) is 0 Å². The van der Waals surface area contributed by atoms with E-state index in [2.05, 4.69) is 30.3 Å². The van der Waals surface area contributed by atoms with Crippen LogP contribution in [0.1, 0.15) is 31.2 Å². The molecule has 1 heterocycles. The van der Waals surface area contributed by atoms with Crippen molar-refractivity contribution in [2.75, 3.05) is 0 Å². The van der Waals surface area contributed by atoms with Crippen LogP contribution in [0.4, 0.5) is 0 Å². The second-order valence-corrected chi connectivity index (χ2v) is 8.51. The lowest BCUT2D eigenvalue weighted by Crippen LogP contribution is -2.23. The molecule has 0 aliphatic heterocycles. The Morgan fingerprint density at radius 2 is 1.65 bits per heavy atom. The summed E-state index contributed by atoms with van der Waals surface area (Å²) in [6.07, 6.45) is 2.77. The maximum absolute atomic E-state index is 13.2. The minimum atomic E-state index is -0.282. The summed E-state index contributed by atoms with van der Waals surface area (Å²) in [5, 5.41) is 3.79. The van der Waals surface area contributed by atoms with Gasteiger partial charge in [0.2, 0.25) is 5.91 Å². The number of nitrogens with zero attached hydrogens (tertiary/aromatic N) is 2. The highest BCUT2D eigenvalue weighted by atomic mass is 32.2. The fourth-order valence-corrected chi connectivity index (χ4v) is 4.79. The van der Waals surface area contributed by atoms with Crippen LogP contribution in [-0.4, -0.2) is 15.5 Å². The summed E-state index contributed by atoms with van der Waals surface area (Å²) in [5.41, 5.74) is 7.15. The number of carbonyl (C=O) groups excluding carboxylic acids is 1. The number of hydrogen-bond acceptors (Lipinski definition) is 4. The summed E-state index contributed by atoms with van der Waals surface area (Å²) < 4.78 is 1.78. The van der Waals surface area contributed by atoms with Gasteiger partial charge in [0.05, 0.1) is 10.9 Å². The van der Waals surface area contributed by atoms with Gasteiger partial charge in [0.1, 0.15) is 0 Å². The maximum atomic E-state index is 13.2. The van der Waals surface area contributed by atoms with Gasteiger partial charge in [-0.05, 0) is 41.3 Å². The van der Waals surface area contributed by atoms with Gasteiger partial charge in [0.25, 0.3) is 5.56 Å². The van der Waals surface area contributed by atoms with Crippen LogP contribution in [-0.2, 0) is 17.1 Å². The van der Waals surface area contributed by atoms with E-state index >= 15 is 0 Å². The summed E-state index contributed by atoms with van der Waals surface area (Å²) in [4.78, 5) is 28.9. The van der Waals surface area contributed by atoms with Crippen molar-refractivity contribution in [2.24, 2.45) is 5.73 Å². The van der Waals surface area contributed by atoms with Crippen molar-refractivity contribution in [1.82, 2.24) is 9.55 Å². The molecule has 0 bridgehead atoms. The van der Waals surface area contributed by atoms with E-state index in [0.717, 1.165) is 35.7 Å². The number of primary amides is 1. The first-order valence-electron chi connectivity index (χ1n) is 10.5. The number of rotatable bonds is 9. The normalized spacial score (nSPS) is 11.2. The molecule has 158 valence electrons. The van der Waals surface area contributed by atoms with Gasteiger partial charge in [0.15, 0.2) is 5.16 Å². The van der Waals surface area contributed by atoms with E-state index in [9.17, 15) is 9.59 Å². The van der Waals surface area contributed by atoms with Crippen LogP contribution in [0.25, 0.3) is 21.7 Å². The quantitative estimate of drug-likeness (QED) is 0.233. The van der Waals surface area contributed by atoms with Gasteiger partial charge in [-0.1, -0.05) is 72.8 Å². The van der Waals surface area contributed by atoms with E-state index in [-0.39, 0.29) is 11.5 Å². The number of thioether (sulfide) groups is 1. The second-order valence-electron chi connectivity index (χ2n) is 7.57. The van der Waals surface area contributed by atoms with E-state index in [4.69, 9.17) is 10.7 Å². The minimum Gasteiger partial charge on any atom is -0.370 e. The number of amides is 1. The Morgan fingerprint density at radius 3 is 2.48 bits per heavy atom. The zero-order valence-electron chi connectivity index (χ0n) is 17.3. The van der Waals surface area contributed by atoms with Gasteiger partial charge in [-0.3, -0.25) is 14.2 Å². The highest BCUT2D eigenvalue weighted by Gasteiger charge is 2.12. The van der Waals surface area contributed by atoms with Crippen LogP contribution in [0.2, 0.25) is 0 Å². The average molecular weight is 432 g/mol. The molecule has 4 rings (SSSR count). The number of benzene rings is 3. The molecule has 0 atom stereocenters. The Kier molecular flexibility index (Phi) is 6.67. The fraction of sp³-hybridized carbons (Fsp3) is 0.240. The SMILES string of the molecule is NC(=O)CCCCCn1c(SCc2cccc3ccccc23)nc2ccccc2c1=O. The highest BCUT2D eigenvalue weighted by Crippen LogP contribution is 2.27. The second kappa shape index (κ2) is 9.79. The molecular formula is C25H25N3O2S. The van der Waals surface area contributed by atoms with Gasteiger partial charge < -0.3 is 5.73 Å². The molecule has 4 aromatic rings. The molecular weight excluding hydrogens is 406 g/mol. The lowest BCUT2D eigenvalue weighted by molar-refractivity contribution is -0.118. The van der Waals surface area contributed by atoms with E-state index < -0.39 is 0 Å². The van der Waals surface area contributed by atoms with Gasteiger partial charge in [0, 0.05) is 18.7 Å². The van der Waals surface area contributed by atoms with Crippen LogP contribution >= 0.6 is 11.8 Å². The number of unbranched alkanes of at least 4 members (excludes halogenated alkanes) is 2. The summed E-state index contributed by atoms with van der Waals surface area (Å²) in [6.45, 7) is 0.577. The van der Waals surface area contributed by atoms with E-state index in [1.54, 1.807) is 16.3 Å².